The average molecular weight is 269 g/mol. The fraction of sp³-hybridized carbons (Fsp3) is 0.867. The maximum Gasteiger partial charge on any atom is 0.223 e. The molecule has 1 fully saturated rings. The summed E-state index contributed by atoms with van der Waals surface area (Å²) in [6.07, 6.45) is 7.23. The van der Waals surface area contributed by atoms with Crippen LogP contribution in [0.2, 0.25) is 0 Å². The minimum atomic E-state index is -0.598. The third-order valence-corrected chi connectivity index (χ3v) is 3.88. The summed E-state index contributed by atoms with van der Waals surface area (Å²) >= 11 is 0. The Labute approximate surface area is 116 Å². The number of ether oxygens (including phenoxy) is 1. The van der Waals surface area contributed by atoms with E-state index in [-0.39, 0.29) is 11.7 Å². The predicted octanol–water partition coefficient (Wildman–Crippen LogP) is 2.60. The van der Waals surface area contributed by atoms with Gasteiger partial charge in [-0.05, 0) is 26.2 Å². The van der Waals surface area contributed by atoms with Crippen molar-refractivity contribution in [2.45, 2.75) is 70.8 Å². The number of carbonyl (C=O) groups excluding carboxylic acids is 2. The quantitative estimate of drug-likeness (QED) is 0.689. The number of ketones is 1. The van der Waals surface area contributed by atoms with E-state index in [9.17, 15) is 9.59 Å². The molecule has 1 rings (SSSR count). The Bertz CT molecular complexity index is 296. The third-order valence-electron chi connectivity index (χ3n) is 3.88. The van der Waals surface area contributed by atoms with Gasteiger partial charge in [-0.25, -0.2) is 0 Å². The van der Waals surface area contributed by atoms with Crippen molar-refractivity contribution >= 4 is 11.7 Å². The van der Waals surface area contributed by atoms with Gasteiger partial charge in [-0.2, -0.15) is 0 Å². The largest absolute Gasteiger partial charge is 0.381 e. The van der Waals surface area contributed by atoms with Gasteiger partial charge in [0.1, 0.15) is 0 Å². The lowest BCUT2D eigenvalue weighted by molar-refractivity contribution is -0.132. The van der Waals surface area contributed by atoms with Crippen molar-refractivity contribution in [2.24, 2.45) is 0 Å². The van der Waals surface area contributed by atoms with Crippen LogP contribution in [-0.2, 0) is 14.3 Å². The molecule has 0 atom stereocenters. The van der Waals surface area contributed by atoms with Crippen molar-refractivity contribution in [2.75, 3.05) is 13.2 Å². The molecule has 19 heavy (non-hydrogen) atoms. The molecule has 4 heteroatoms. The first kappa shape index (κ1) is 16.2. The van der Waals surface area contributed by atoms with Crippen molar-refractivity contribution in [3.05, 3.63) is 0 Å². The fourth-order valence-corrected chi connectivity index (χ4v) is 2.56. The summed E-state index contributed by atoms with van der Waals surface area (Å²) in [4.78, 5) is 23.7. The second kappa shape index (κ2) is 8.31. The third kappa shape index (κ3) is 5.31. The van der Waals surface area contributed by atoms with Crippen LogP contribution < -0.4 is 5.32 Å². The number of amides is 1. The average Bonchev–Trinajstić information content (AvgIpc) is 2.39. The first-order valence-electron chi connectivity index (χ1n) is 7.50. The van der Waals surface area contributed by atoms with Crippen LogP contribution in [0.3, 0.4) is 0 Å². The highest BCUT2D eigenvalue weighted by molar-refractivity contribution is 5.91. The Morgan fingerprint density at radius 1 is 1.16 bits per heavy atom. The van der Waals surface area contributed by atoms with Gasteiger partial charge in [-0.3, -0.25) is 9.59 Å². The molecule has 110 valence electrons. The summed E-state index contributed by atoms with van der Waals surface area (Å²) < 4.78 is 5.38. The summed E-state index contributed by atoms with van der Waals surface area (Å²) in [5, 5.41) is 2.95. The van der Waals surface area contributed by atoms with E-state index >= 15 is 0 Å². The van der Waals surface area contributed by atoms with E-state index in [2.05, 4.69) is 12.2 Å². The molecule has 0 radical (unpaired) electrons. The second-order valence-corrected chi connectivity index (χ2v) is 5.46. The number of Topliss-reactive ketones (excluding diaryl/α,β-unsaturated/α-hetero) is 1. The molecule has 0 saturated heterocycles. The van der Waals surface area contributed by atoms with E-state index in [4.69, 9.17) is 4.74 Å². The summed E-state index contributed by atoms with van der Waals surface area (Å²) in [5.41, 5.74) is -0.598. The molecule has 0 unspecified atom stereocenters. The van der Waals surface area contributed by atoms with E-state index in [0.29, 0.717) is 19.6 Å². The van der Waals surface area contributed by atoms with Crippen molar-refractivity contribution in [1.82, 2.24) is 5.32 Å². The zero-order chi connectivity index (χ0) is 14.1. The van der Waals surface area contributed by atoms with Crippen molar-refractivity contribution in [3.63, 3.8) is 0 Å². The second-order valence-electron chi connectivity index (χ2n) is 5.46. The zero-order valence-corrected chi connectivity index (χ0v) is 12.3. The van der Waals surface area contributed by atoms with Gasteiger partial charge in [-0.1, -0.05) is 32.6 Å². The summed E-state index contributed by atoms with van der Waals surface area (Å²) in [6.45, 7) is 4.85. The Kier molecular flexibility index (Phi) is 7.06. The Morgan fingerprint density at radius 2 is 1.84 bits per heavy atom. The minimum absolute atomic E-state index is 0.0615. The normalized spacial score (nSPS) is 18.0. The van der Waals surface area contributed by atoms with Gasteiger partial charge in [0, 0.05) is 13.0 Å². The molecule has 4 nitrogen and oxygen atoms in total. The van der Waals surface area contributed by atoms with Crippen LogP contribution in [0.25, 0.3) is 0 Å². The topological polar surface area (TPSA) is 55.4 Å². The van der Waals surface area contributed by atoms with Gasteiger partial charge in [0.05, 0.1) is 12.1 Å². The molecule has 0 aromatic carbocycles. The maximum atomic E-state index is 11.9. The number of nitrogens with one attached hydrogen (secondary N) is 1. The highest BCUT2D eigenvalue weighted by atomic mass is 16.5. The lowest BCUT2D eigenvalue weighted by atomic mass is 9.79. The highest BCUT2D eigenvalue weighted by Gasteiger charge is 2.37. The molecule has 0 aliphatic heterocycles. The van der Waals surface area contributed by atoms with Crippen LogP contribution in [0.5, 0.6) is 0 Å². The molecule has 0 heterocycles. The smallest absolute Gasteiger partial charge is 0.223 e. The van der Waals surface area contributed by atoms with Crippen LogP contribution >= 0.6 is 0 Å². The van der Waals surface area contributed by atoms with Gasteiger partial charge in [0.25, 0.3) is 0 Å². The van der Waals surface area contributed by atoms with Gasteiger partial charge in [0.15, 0.2) is 5.78 Å². The van der Waals surface area contributed by atoms with Gasteiger partial charge in [-0.15, -0.1) is 0 Å². The number of hydrogen-bond acceptors (Lipinski definition) is 3. The van der Waals surface area contributed by atoms with Crippen molar-refractivity contribution < 1.29 is 14.3 Å². The van der Waals surface area contributed by atoms with Crippen molar-refractivity contribution in [3.8, 4) is 0 Å². The van der Waals surface area contributed by atoms with Crippen molar-refractivity contribution in [1.29, 1.82) is 0 Å². The first-order chi connectivity index (χ1) is 9.10. The summed E-state index contributed by atoms with van der Waals surface area (Å²) in [7, 11) is 0. The zero-order valence-electron chi connectivity index (χ0n) is 12.3. The SMILES string of the molecule is CCCCOCCC(=O)NC1(C(C)=O)CCCCC1. The van der Waals surface area contributed by atoms with E-state index in [1.165, 1.54) is 0 Å². The molecule has 1 amide bonds. The van der Waals surface area contributed by atoms with Crippen LogP contribution in [0.1, 0.15) is 65.2 Å². The van der Waals surface area contributed by atoms with E-state index < -0.39 is 5.54 Å². The number of rotatable bonds is 8. The first-order valence-corrected chi connectivity index (χ1v) is 7.50. The molecule has 1 saturated carbocycles. The van der Waals surface area contributed by atoms with E-state index in [1.54, 1.807) is 6.92 Å². The fourth-order valence-electron chi connectivity index (χ4n) is 2.56. The predicted molar refractivity (Wildman–Crippen MR) is 75.0 cm³/mol. The standard InChI is InChI=1S/C15H27NO3/c1-3-4-11-19-12-8-14(18)16-15(13(2)17)9-6-5-7-10-15/h3-12H2,1-2H3,(H,16,18). The maximum absolute atomic E-state index is 11.9. The highest BCUT2D eigenvalue weighted by Crippen LogP contribution is 2.29. The van der Waals surface area contributed by atoms with Crippen LogP contribution in [0, 0.1) is 0 Å². The number of carbonyl (C=O) groups is 2. The monoisotopic (exact) mass is 269 g/mol. The van der Waals surface area contributed by atoms with Gasteiger partial charge >= 0.3 is 0 Å². The molecular weight excluding hydrogens is 242 g/mol. The van der Waals surface area contributed by atoms with Gasteiger partial charge in [0.2, 0.25) is 5.91 Å². The van der Waals surface area contributed by atoms with Gasteiger partial charge < -0.3 is 10.1 Å². The molecule has 0 aromatic heterocycles. The molecule has 0 aromatic rings. The lowest BCUT2D eigenvalue weighted by Crippen LogP contribution is -2.54. The number of unbranched alkanes of at least 4 members (excludes halogenated alkanes) is 1. The van der Waals surface area contributed by atoms with E-state index in [1.807, 2.05) is 0 Å². The van der Waals surface area contributed by atoms with Crippen LogP contribution in [-0.4, -0.2) is 30.4 Å². The van der Waals surface area contributed by atoms with E-state index in [0.717, 1.165) is 44.9 Å². The molecule has 0 bridgehead atoms. The number of hydrogen-bond donors (Lipinski definition) is 1. The molecule has 1 N–H and O–H groups in total. The lowest BCUT2D eigenvalue weighted by Gasteiger charge is -2.35. The molecule has 0 spiro atoms. The van der Waals surface area contributed by atoms with Crippen LogP contribution in [0.4, 0.5) is 0 Å². The van der Waals surface area contributed by atoms with Crippen LogP contribution in [0.15, 0.2) is 0 Å². The molecule has 1 aliphatic rings. The minimum Gasteiger partial charge on any atom is -0.381 e. The Balaban J connectivity index is 2.33. The Morgan fingerprint density at radius 3 is 2.42 bits per heavy atom. The summed E-state index contributed by atoms with van der Waals surface area (Å²) in [5.74, 6) is 0.0287. The molecular formula is C15H27NO3. The summed E-state index contributed by atoms with van der Waals surface area (Å²) in [6, 6.07) is 0. The molecule has 1 aliphatic carbocycles. The Hall–Kier alpha value is -0.900.